The van der Waals surface area contributed by atoms with Crippen LogP contribution in [0.15, 0.2) is 48.8 Å². The molecule has 1 heterocycles. The van der Waals surface area contributed by atoms with E-state index >= 15 is 0 Å². The van der Waals surface area contributed by atoms with E-state index in [0.29, 0.717) is 11.4 Å². The molecule has 5 nitrogen and oxygen atoms in total. The third-order valence-electron chi connectivity index (χ3n) is 3.30. The SMILES string of the molecule is CCS(=O)(=O)N(Cc1cccnc1)c1ccc(OC(C)(C)C)cc1. The number of pyridine rings is 1. The number of benzene rings is 1. The van der Waals surface area contributed by atoms with Crippen molar-refractivity contribution in [1.29, 1.82) is 0 Å². The van der Waals surface area contributed by atoms with E-state index in [2.05, 4.69) is 4.98 Å². The van der Waals surface area contributed by atoms with Gasteiger partial charge in [-0.15, -0.1) is 0 Å². The normalized spacial score (nSPS) is 12.0. The second-order valence-corrected chi connectivity index (χ2v) is 8.66. The van der Waals surface area contributed by atoms with E-state index in [1.54, 1.807) is 49.6 Å². The average molecular weight is 348 g/mol. The molecule has 0 saturated carbocycles. The summed E-state index contributed by atoms with van der Waals surface area (Å²) in [6, 6.07) is 10.8. The number of nitrogens with zero attached hydrogens (tertiary/aromatic N) is 2. The Morgan fingerprint density at radius 1 is 1.12 bits per heavy atom. The van der Waals surface area contributed by atoms with Gasteiger partial charge in [-0.1, -0.05) is 6.07 Å². The van der Waals surface area contributed by atoms with Crippen LogP contribution in [0, 0.1) is 0 Å². The fraction of sp³-hybridized carbons (Fsp3) is 0.389. The summed E-state index contributed by atoms with van der Waals surface area (Å²) in [5.41, 5.74) is 1.15. The molecule has 24 heavy (non-hydrogen) atoms. The predicted octanol–water partition coefficient (Wildman–Crippen LogP) is 3.62. The van der Waals surface area contributed by atoms with Gasteiger partial charge in [-0.25, -0.2) is 8.42 Å². The van der Waals surface area contributed by atoms with Crippen molar-refractivity contribution in [2.75, 3.05) is 10.1 Å². The van der Waals surface area contributed by atoms with Gasteiger partial charge in [-0.3, -0.25) is 9.29 Å². The highest BCUT2D eigenvalue weighted by Gasteiger charge is 2.21. The number of aromatic nitrogens is 1. The van der Waals surface area contributed by atoms with Crippen molar-refractivity contribution in [1.82, 2.24) is 4.98 Å². The second kappa shape index (κ2) is 7.21. The van der Waals surface area contributed by atoms with E-state index in [1.165, 1.54) is 4.31 Å². The van der Waals surface area contributed by atoms with Crippen LogP contribution in [0.5, 0.6) is 5.75 Å². The Labute approximate surface area is 144 Å². The molecule has 1 aromatic heterocycles. The molecule has 2 rings (SSSR count). The maximum Gasteiger partial charge on any atom is 0.235 e. The van der Waals surface area contributed by atoms with Crippen molar-refractivity contribution in [2.45, 2.75) is 39.8 Å². The number of rotatable bonds is 6. The van der Waals surface area contributed by atoms with Crippen LogP contribution in [0.1, 0.15) is 33.3 Å². The molecule has 6 heteroatoms. The molecule has 0 aliphatic carbocycles. The number of ether oxygens (including phenoxy) is 1. The van der Waals surface area contributed by atoms with Gasteiger partial charge >= 0.3 is 0 Å². The van der Waals surface area contributed by atoms with Gasteiger partial charge in [0.2, 0.25) is 10.0 Å². The lowest BCUT2D eigenvalue weighted by Crippen LogP contribution is -2.31. The molecule has 0 spiro atoms. The first kappa shape index (κ1) is 18.3. The van der Waals surface area contributed by atoms with Crippen LogP contribution in [0.4, 0.5) is 5.69 Å². The Kier molecular flexibility index (Phi) is 5.49. The van der Waals surface area contributed by atoms with Gasteiger partial charge in [0, 0.05) is 12.4 Å². The Morgan fingerprint density at radius 3 is 2.29 bits per heavy atom. The lowest BCUT2D eigenvalue weighted by atomic mass is 10.2. The van der Waals surface area contributed by atoms with Crippen molar-refractivity contribution in [2.24, 2.45) is 0 Å². The Hall–Kier alpha value is -2.08. The molecule has 130 valence electrons. The monoisotopic (exact) mass is 348 g/mol. The topological polar surface area (TPSA) is 59.5 Å². The summed E-state index contributed by atoms with van der Waals surface area (Å²) >= 11 is 0. The highest BCUT2D eigenvalue weighted by molar-refractivity contribution is 7.92. The Bertz CT molecular complexity index is 751. The van der Waals surface area contributed by atoms with E-state index in [1.807, 2.05) is 26.8 Å². The summed E-state index contributed by atoms with van der Waals surface area (Å²) in [6.07, 6.45) is 3.34. The van der Waals surface area contributed by atoms with Gasteiger partial charge in [0.05, 0.1) is 18.0 Å². The lowest BCUT2D eigenvalue weighted by molar-refractivity contribution is 0.131. The third-order valence-corrected chi connectivity index (χ3v) is 5.04. The number of sulfonamides is 1. The molecule has 0 unspecified atom stereocenters. The molecular formula is C18H24N2O3S. The molecule has 0 amide bonds. The predicted molar refractivity (Wildman–Crippen MR) is 96.7 cm³/mol. The van der Waals surface area contributed by atoms with Crippen molar-refractivity contribution in [3.8, 4) is 5.75 Å². The highest BCUT2D eigenvalue weighted by atomic mass is 32.2. The Balaban J connectivity index is 2.30. The minimum atomic E-state index is -3.39. The second-order valence-electron chi connectivity index (χ2n) is 6.48. The van der Waals surface area contributed by atoms with Crippen LogP contribution in [0.3, 0.4) is 0 Å². The molecule has 0 saturated heterocycles. The summed E-state index contributed by atoms with van der Waals surface area (Å²) in [7, 11) is -3.39. The molecule has 0 aliphatic heterocycles. The summed E-state index contributed by atoms with van der Waals surface area (Å²) in [4.78, 5) is 4.05. The summed E-state index contributed by atoms with van der Waals surface area (Å²) < 4.78 is 32.2. The maximum absolute atomic E-state index is 12.5. The molecule has 2 aromatic rings. The minimum absolute atomic E-state index is 0.0352. The fourth-order valence-electron chi connectivity index (χ4n) is 2.20. The zero-order chi connectivity index (χ0) is 17.8. The first-order valence-electron chi connectivity index (χ1n) is 7.90. The van der Waals surface area contributed by atoms with Gasteiger partial charge in [0.1, 0.15) is 11.4 Å². The van der Waals surface area contributed by atoms with E-state index in [0.717, 1.165) is 5.56 Å². The highest BCUT2D eigenvalue weighted by Crippen LogP contribution is 2.26. The van der Waals surface area contributed by atoms with Gasteiger partial charge in [-0.2, -0.15) is 0 Å². The lowest BCUT2D eigenvalue weighted by Gasteiger charge is -2.25. The van der Waals surface area contributed by atoms with Crippen LogP contribution in [0.2, 0.25) is 0 Å². The van der Waals surface area contributed by atoms with Gasteiger partial charge in [-0.05, 0) is 63.6 Å². The molecule has 0 fully saturated rings. The van der Waals surface area contributed by atoms with E-state index in [4.69, 9.17) is 4.74 Å². The van der Waals surface area contributed by atoms with Crippen molar-refractivity contribution in [3.63, 3.8) is 0 Å². The Morgan fingerprint density at radius 2 is 1.79 bits per heavy atom. The molecule has 1 aromatic carbocycles. The zero-order valence-corrected chi connectivity index (χ0v) is 15.4. The first-order valence-corrected chi connectivity index (χ1v) is 9.50. The summed E-state index contributed by atoms with van der Waals surface area (Å²) in [5, 5.41) is 0. The van der Waals surface area contributed by atoms with Crippen molar-refractivity contribution < 1.29 is 13.2 Å². The van der Waals surface area contributed by atoms with Gasteiger partial charge < -0.3 is 4.74 Å². The third kappa shape index (κ3) is 4.96. The number of hydrogen-bond donors (Lipinski definition) is 0. The van der Waals surface area contributed by atoms with Crippen LogP contribution >= 0.6 is 0 Å². The molecule has 0 N–H and O–H groups in total. The van der Waals surface area contributed by atoms with E-state index < -0.39 is 10.0 Å². The fourth-order valence-corrected chi connectivity index (χ4v) is 3.30. The van der Waals surface area contributed by atoms with E-state index in [-0.39, 0.29) is 17.9 Å². The largest absolute Gasteiger partial charge is 0.488 e. The standard InChI is InChI=1S/C18H24N2O3S/c1-5-24(21,22)20(14-15-7-6-12-19-13-15)16-8-10-17(11-9-16)23-18(2,3)4/h6-13H,5,14H2,1-4H3. The average Bonchev–Trinajstić information content (AvgIpc) is 2.53. The van der Waals surface area contributed by atoms with Crippen LogP contribution in [0.25, 0.3) is 0 Å². The molecular weight excluding hydrogens is 324 g/mol. The molecule has 0 aliphatic rings. The maximum atomic E-state index is 12.5. The van der Waals surface area contributed by atoms with Crippen molar-refractivity contribution >= 4 is 15.7 Å². The smallest absolute Gasteiger partial charge is 0.235 e. The quantitative estimate of drug-likeness (QED) is 0.800. The molecule has 0 atom stereocenters. The van der Waals surface area contributed by atoms with Crippen LogP contribution in [-0.4, -0.2) is 24.8 Å². The molecule has 0 bridgehead atoms. The van der Waals surface area contributed by atoms with Crippen LogP contribution in [-0.2, 0) is 16.6 Å². The van der Waals surface area contributed by atoms with Gasteiger partial charge in [0.25, 0.3) is 0 Å². The summed E-state index contributed by atoms with van der Waals surface area (Å²) in [5.74, 6) is 0.745. The first-order chi connectivity index (χ1) is 11.2. The zero-order valence-electron chi connectivity index (χ0n) is 14.6. The van der Waals surface area contributed by atoms with Gasteiger partial charge in [0.15, 0.2) is 0 Å². The van der Waals surface area contributed by atoms with Crippen molar-refractivity contribution in [3.05, 3.63) is 54.4 Å². The minimum Gasteiger partial charge on any atom is -0.488 e. The molecule has 0 radical (unpaired) electrons. The van der Waals surface area contributed by atoms with E-state index in [9.17, 15) is 8.42 Å². The number of hydrogen-bond acceptors (Lipinski definition) is 4. The van der Waals surface area contributed by atoms with Crippen LogP contribution < -0.4 is 9.04 Å². The number of anilines is 1. The summed E-state index contributed by atoms with van der Waals surface area (Å²) in [6.45, 7) is 7.80.